The van der Waals surface area contributed by atoms with Gasteiger partial charge in [-0.3, -0.25) is 0 Å². The molecule has 0 saturated heterocycles. The molecule has 0 radical (unpaired) electrons. The standard InChI is InChI=1S/C14H15N3S/c1-9(14-10(2)18-11(3)17-14)16-13-7-5-4-6-12(13)8-15/h4-7,9,16H,1-3H3. The summed E-state index contributed by atoms with van der Waals surface area (Å²) >= 11 is 1.70. The highest BCUT2D eigenvalue weighted by Gasteiger charge is 2.14. The van der Waals surface area contributed by atoms with Crippen LogP contribution in [0.4, 0.5) is 5.69 Å². The van der Waals surface area contributed by atoms with Gasteiger partial charge in [0.15, 0.2) is 0 Å². The van der Waals surface area contributed by atoms with E-state index < -0.39 is 0 Å². The van der Waals surface area contributed by atoms with Crippen molar-refractivity contribution in [1.82, 2.24) is 4.98 Å². The summed E-state index contributed by atoms with van der Waals surface area (Å²) in [5.41, 5.74) is 2.58. The van der Waals surface area contributed by atoms with Gasteiger partial charge in [0.25, 0.3) is 0 Å². The van der Waals surface area contributed by atoms with Gasteiger partial charge in [-0.1, -0.05) is 12.1 Å². The van der Waals surface area contributed by atoms with Crippen molar-refractivity contribution in [3.63, 3.8) is 0 Å². The average Bonchev–Trinajstić information content (AvgIpc) is 2.69. The first-order chi connectivity index (χ1) is 8.61. The highest BCUT2D eigenvalue weighted by Crippen LogP contribution is 2.26. The second-order valence-corrected chi connectivity index (χ2v) is 5.61. The van der Waals surface area contributed by atoms with Gasteiger partial charge < -0.3 is 5.32 Å². The second-order valence-electron chi connectivity index (χ2n) is 4.20. The van der Waals surface area contributed by atoms with Crippen LogP contribution in [0.5, 0.6) is 0 Å². The van der Waals surface area contributed by atoms with Gasteiger partial charge in [0.1, 0.15) is 6.07 Å². The third-order valence-corrected chi connectivity index (χ3v) is 3.67. The number of hydrogen-bond acceptors (Lipinski definition) is 4. The Balaban J connectivity index is 2.24. The number of benzene rings is 1. The number of aromatic nitrogens is 1. The lowest BCUT2D eigenvalue weighted by Crippen LogP contribution is -2.09. The Labute approximate surface area is 111 Å². The molecule has 1 unspecified atom stereocenters. The van der Waals surface area contributed by atoms with E-state index in [0.29, 0.717) is 5.56 Å². The predicted octanol–water partition coefficient (Wildman–Crippen LogP) is 3.80. The van der Waals surface area contributed by atoms with Crippen molar-refractivity contribution in [1.29, 1.82) is 5.26 Å². The molecule has 1 N–H and O–H groups in total. The van der Waals surface area contributed by atoms with Gasteiger partial charge in [0, 0.05) is 4.88 Å². The first kappa shape index (κ1) is 12.6. The van der Waals surface area contributed by atoms with Gasteiger partial charge >= 0.3 is 0 Å². The number of nitrogens with one attached hydrogen (secondary N) is 1. The smallest absolute Gasteiger partial charge is 0.101 e. The molecule has 2 rings (SSSR count). The fourth-order valence-electron chi connectivity index (χ4n) is 1.95. The summed E-state index contributed by atoms with van der Waals surface area (Å²) in [7, 11) is 0. The topological polar surface area (TPSA) is 48.7 Å². The quantitative estimate of drug-likeness (QED) is 0.909. The molecular formula is C14H15N3S. The van der Waals surface area contributed by atoms with Crippen LogP contribution in [-0.2, 0) is 0 Å². The van der Waals surface area contributed by atoms with E-state index in [1.54, 1.807) is 11.3 Å². The molecule has 0 aliphatic rings. The van der Waals surface area contributed by atoms with E-state index >= 15 is 0 Å². The van der Waals surface area contributed by atoms with Gasteiger partial charge in [-0.15, -0.1) is 11.3 Å². The fourth-order valence-corrected chi connectivity index (χ4v) is 2.87. The zero-order chi connectivity index (χ0) is 13.1. The SMILES string of the molecule is Cc1nc(C(C)Nc2ccccc2C#N)c(C)s1. The van der Waals surface area contributed by atoms with E-state index in [9.17, 15) is 0 Å². The summed E-state index contributed by atoms with van der Waals surface area (Å²) in [4.78, 5) is 5.76. The average molecular weight is 257 g/mol. The Hall–Kier alpha value is -1.86. The summed E-state index contributed by atoms with van der Waals surface area (Å²) in [5, 5.41) is 13.5. The normalized spacial score (nSPS) is 11.9. The van der Waals surface area contributed by atoms with Crippen molar-refractivity contribution >= 4 is 17.0 Å². The highest BCUT2D eigenvalue weighted by atomic mass is 32.1. The minimum Gasteiger partial charge on any atom is -0.376 e. The zero-order valence-electron chi connectivity index (χ0n) is 10.7. The van der Waals surface area contributed by atoms with Crippen LogP contribution >= 0.6 is 11.3 Å². The zero-order valence-corrected chi connectivity index (χ0v) is 11.5. The molecule has 3 nitrogen and oxygen atoms in total. The van der Waals surface area contributed by atoms with Crippen LogP contribution in [0.3, 0.4) is 0 Å². The Morgan fingerprint density at radius 1 is 1.33 bits per heavy atom. The lowest BCUT2D eigenvalue weighted by molar-refractivity contribution is 0.836. The van der Waals surface area contributed by atoms with Gasteiger partial charge in [0.2, 0.25) is 0 Å². The van der Waals surface area contributed by atoms with Gasteiger partial charge in [-0.2, -0.15) is 5.26 Å². The summed E-state index contributed by atoms with van der Waals surface area (Å²) in [6.45, 7) is 6.15. The molecule has 1 heterocycles. The summed E-state index contributed by atoms with van der Waals surface area (Å²) in [6, 6.07) is 9.82. The van der Waals surface area contributed by atoms with Crippen LogP contribution < -0.4 is 5.32 Å². The molecular weight excluding hydrogens is 242 g/mol. The van der Waals surface area contributed by atoms with Crippen LogP contribution in [0.2, 0.25) is 0 Å². The molecule has 1 aromatic heterocycles. The lowest BCUT2D eigenvalue weighted by atomic mass is 10.1. The Bertz CT molecular complexity index is 595. The monoisotopic (exact) mass is 257 g/mol. The lowest BCUT2D eigenvalue weighted by Gasteiger charge is -2.15. The maximum atomic E-state index is 9.06. The first-order valence-electron chi connectivity index (χ1n) is 5.81. The third kappa shape index (κ3) is 2.52. The van der Waals surface area contributed by atoms with E-state index in [1.165, 1.54) is 4.88 Å². The van der Waals surface area contributed by atoms with E-state index in [-0.39, 0.29) is 6.04 Å². The van der Waals surface area contributed by atoms with Crippen LogP contribution in [0.15, 0.2) is 24.3 Å². The van der Waals surface area contributed by atoms with Crippen molar-refractivity contribution in [2.24, 2.45) is 0 Å². The largest absolute Gasteiger partial charge is 0.376 e. The Kier molecular flexibility index (Phi) is 3.63. The molecule has 18 heavy (non-hydrogen) atoms. The van der Waals surface area contributed by atoms with Gasteiger partial charge in [-0.05, 0) is 32.9 Å². The highest BCUT2D eigenvalue weighted by molar-refractivity contribution is 7.11. The minimum atomic E-state index is 0.101. The molecule has 0 spiro atoms. The Morgan fingerprint density at radius 3 is 2.67 bits per heavy atom. The number of aryl methyl sites for hydroxylation is 2. The van der Waals surface area contributed by atoms with E-state index in [0.717, 1.165) is 16.4 Å². The number of thiazole rings is 1. The fraction of sp³-hybridized carbons (Fsp3) is 0.286. The van der Waals surface area contributed by atoms with Crippen LogP contribution in [-0.4, -0.2) is 4.98 Å². The molecule has 0 fully saturated rings. The van der Waals surface area contributed by atoms with Crippen LogP contribution in [0.25, 0.3) is 0 Å². The van der Waals surface area contributed by atoms with Gasteiger partial charge in [-0.25, -0.2) is 4.98 Å². The summed E-state index contributed by atoms with van der Waals surface area (Å²) < 4.78 is 0. The van der Waals surface area contributed by atoms with Crippen molar-refractivity contribution in [3.05, 3.63) is 45.4 Å². The van der Waals surface area contributed by atoms with Gasteiger partial charge in [0.05, 0.1) is 28.0 Å². The number of nitriles is 1. The third-order valence-electron chi connectivity index (χ3n) is 2.77. The minimum absolute atomic E-state index is 0.101. The number of hydrogen-bond donors (Lipinski definition) is 1. The molecule has 0 aliphatic carbocycles. The molecule has 4 heteroatoms. The maximum Gasteiger partial charge on any atom is 0.101 e. The number of anilines is 1. The van der Waals surface area contributed by atoms with Crippen LogP contribution in [0, 0.1) is 25.2 Å². The number of nitrogens with zero attached hydrogens (tertiary/aromatic N) is 2. The molecule has 92 valence electrons. The van der Waals surface area contributed by atoms with Crippen molar-refractivity contribution in [2.45, 2.75) is 26.8 Å². The van der Waals surface area contributed by atoms with Crippen molar-refractivity contribution in [2.75, 3.05) is 5.32 Å². The molecule has 0 amide bonds. The Morgan fingerprint density at radius 2 is 2.06 bits per heavy atom. The predicted molar refractivity (Wildman–Crippen MR) is 74.8 cm³/mol. The second kappa shape index (κ2) is 5.19. The molecule has 0 aliphatic heterocycles. The number of para-hydroxylation sites is 1. The van der Waals surface area contributed by atoms with E-state index in [1.807, 2.05) is 31.2 Å². The van der Waals surface area contributed by atoms with Crippen LogP contribution in [0.1, 0.15) is 34.1 Å². The van der Waals surface area contributed by atoms with E-state index in [2.05, 4.69) is 30.2 Å². The van der Waals surface area contributed by atoms with E-state index in [4.69, 9.17) is 5.26 Å². The molecule has 1 atom stereocenters. The first-order valence-corrected chi connectivity index (χ1v) is 6.63. The van der Waals surface area contributed by atoms with Crippen molar-refractivity contribution in [3.8, 4) is 6.07 Å². The summed E-state index contributed by atoms with van der Waals surface area (Å²) in [6.07, 6.45) is 0. The van der Waals surface area contributed by atoms with Crippen molar-refractivity contribution < 1.29 is 0 Å². The molecule has 2 aromatic rings. The summed E-state index contributed by atoms with van der Waals surface area (Å²) in [5.74, 6) is 0. The number of rotatable bonds is 3. The molecule has 0 bridgehead atoms. The molecule has 1 aromatic carbocycles. The molecule has 0 saturated carbocycles. The maximum absolute atomic E-state index is 9.06.